The Labute approximate surface area is 189 Å². The molecular weight excluding hydrogens is 456 g/mol. The van der Waals surface area contributed by atoms with Crippen LogP contribution in [0.15, 0.2) is 36.4 Å². The molecule has 1 fully saturated rings. The van der Waals surface area contributed by atoms with Gasteiger partial charge in [0.25, 0.3) is 5.91 Å². The lowest BCUT2D eigenvalue weighted by Crippen LogP contribution is -2.42. The number of carbonyl (C=O) groups excluding carboxylic acids is 3. The number of benzene rings is 2. The van der Waals surface area contributed by atoms with E-state index in [1.165, 1.54) is 23.4 Å². The summed E-state index contributed by atoms with van der Waals surface area (Å²) in [5.74, 6) is -3.09. The molecule has 1 N–H and O–H groups in total. The number of nitrogens with one attached hydrogen (secondary N) is 1. The molecule has 174 valence electrons. The first-order chi connectivity index (χ1) is 15.3. The number of Topliss-reactive ketones (excluding diaryl/α,β-unsaturated/α-hetero) is 1. The minimum atomic E-state index is -3.49. The third-order valence-electron chi connectivity index (χ3n) is 5.96. The van der Waals surface area contributed by atoms with Gasteiger partial charge in [0.05, 0.1) is 18.5 Å². The van der Waals surface area contributed by atoms with Gasteiger partial charge in [-0.05, 0) is 62.2 Å². The Bertz CT molecular complexity index is 1310. The van der Waals surface area contributed by atoms with E-state index in [0.717, 1.165) is 24.5 Å². The summed E-state index contributed by atoms with van der Waals surface area (Å²) in [5.41, 5.74) is -0.883. The molecule has 11 heteroatoms. The van der Waals surface area contributed by atoms with Gasteiger partial charge in [0, 0.05) is 17.2 Å². The monoisotopic (exact) mass is 477 g/mol. The van der Waals surface area contributed by atoms with E-state index in [-0.39, 0.29) is 17.2 Å². The molecular formula is C22H21F2N3O5S. The Hall–Kier alpha value is -3.34. The van der Waals surface area contributed by atoms with Crippen molar-refractivity contribution in [1.29, 1.82) is 0 Å². The highest BCUT2D eigenvalue weighted by Crippen LogP contribution is 2.35. The largest absolute Gasteiger partial charge is 0.325 e. The second kappa shape index (κ2) is 7.62. The number of anilines is 1. The number of sulfonamides is 1. The summed E-state index contributed by atoms with van der Waals surface area (Å²) in [6.07, 6.45) is 1.51. The maximum absolute atomic E-state index is 14.3. The number of fused-ring (bicyclic) bond motifs is 1. The van der Waals surface area contributed by atoms with Crippen molar-refractivity contribution in [1.82, 2.24) is 10.2 Å². The van der Waals surface area contributed by atoms with Gasteiger partial charge in [-0.1, -0.05) is 0 Å². The van der Waals surface area contributed by atoms with Crippen LogP contribution in [0.1, 0.15) is 35.3 Å². The number of carbonyl (C=O) groups is 3. The van der Waals surface area contributed by atoms with Crippen LogP contribution < -0.4 is 9.62 Å². The molecule has 0 bridgehead atoms. The molecule has 1 saturated heterocycles. The van der Waals surface area contributed by atoms with Gasteiger partial charge >= 0.3 is 6.03 Å². The molecule has 0 aliphatic carbocycles. The van der Waals surface area contributed by atoms with Gasteiger partial charge in [-0.2, -0.15) is 0 Å². The molecule has 0 aromatic heterocycles. The van der Waals surface area contributed by atoms with Crippen LogP contribution in [-0.4, -0.2) is 49.9 Å². The Balaban J connectivity index is 1.59. The van der Waals surface area contributed by atoms with Crippen molar-refractivity contribution in [3.8, 4) is 0 Å². The summed E-state index contributed by atoms with van der Waals surface area (Å²) in [6.45, 7) is 2.38. The SMILES string of the molecule is C[C@H]1Cc2cc(C(=O)CN3C(=O)N[C@@](C)(c4cc(F)ccc4F)C3=O)ccc2N1S(C)(=O)=O. The topological polar surface area (TPSA) is 104 Å². The molecule has 0 unspecified atom stereocenters. The molecule has 0 radical (unpaired) electrons. The molecule has 2 aromatic carbocycles. The first-order valence-corrected chi connectivity index (χ1v) is 11.9. The van der Waals surface area contributed by atoms with Crippen molar-refractivity contribution in [2.75, 3.05) is 17.1 Å². The van der Waals surface area contributed by atoms with Crippen LogP contribution in [0.2, 0.25) is 0 Å². The molecule has 33 heavy (non-hydrogen) atoms. The Kier molecular flexibility index (Phi) is 5.27. The van der Waals surface area contributed by atoms with Gasteiger partial charge in [-0.3, -0.25) is 18.8 Å². The van der Waals surface area contributed by atoms with Crippen LogP contribution in [0.5, 0.6) is 0 Å². The average Bonchev–Trinajstić information content (AvgIpc) is 3.17. The number of amides is 3. The Morgan fingerprint density at radius 3 is 2.55 bits per heavy atom. The van der Waals surface area contributed by atoms with Crippen molar-refractivity contribution in [2.45, 2.75) is 31.8 Å². The molecule has 4 rings (SSSR count). The Morgan fingerprint density at radius 2 is 1.88 bits per heavy atom. The standard InChI is InChI=1S/C22H21F2N3O5S/c1-12-8-14-9-13(4-7-18(14)27(12)33(3,31)32)19(28)11-26-20(29)22(2,25-21(26)30)16-10-15(23)5-6-17(16)24/h4-7,9-10,12H,8,11H2,1-3H3,(H,25,30)/t12-,22-/m0/s1. The summed E-state index contributed by atoms with van der Waals surface area (Å²) in [4.78, 5) is 39.0. The molecule has 2 atom stereocenters. The maximum atomic E-state index is 14.3. The molecule has 8 nitrogen and oxygen atoms in total. The van der Waals surface area contributed by atoms with Crippen LogP contribution in [0.25, 0.3) is 0 Å². The van der Waals surface area contributed by atoms with E-state index in [9.17, 15) is 31.6 Å². The summed E-state index contributed by atoms with van der Waals surface area (Å²) < 4.78 is 53.4. The number of rotatable bonds is 5. The van der Waals surface area contributed by atoms with Crippen LogP contribution in [0.3, 0.4) is 0 Å². The minimum absolute atomic E-state index is 0.197. The first kappa shape index (κ1) is 22.8. The van der Waals surface area contributed by atoms with E-state index in [1.807, 2.05) is 0 Å². The molecule has 2 aliphatic heterocycles. The van der Waals surface area contributed by atoms with E-state index in [4.69, 9.17) is 0 Å². The predicted molar refractivity (Wildman–Crippen MR) is 115 cm³/mol. The highest BCUT2D eigenvalue weighted by molar-refractivity contribution is 7.92. The van der Waals surface area contributed by atoms with Crippen molar-refractivity contribution >= 4 is 33.4 Å². The average molecular weight is 477 g/mol. The second-order valence-electron chi connectivity index (χ2n) is 8.45. The fraction of sp³-hybridized carbons (Fsp3) is 0.318. The highest BCUT2D eigenvalue weighted by atomic mass is 32.2. The van der Waals surface area contributed by atoms with Gasteiger partial charge in [0.2, 0.25) is 10.0 Å². The number of imide groups is 1. The van der Waals surface area contributed by atoms with Crippen LogP contribution >= 0.6 is 0 Å². The van der Waals surface area contributed by atoms with E-state index in [1.54, 1.807) is 13.0 Å². The summed E-state index contributed by atoms with van der Waals surface area (Å²) in [7, 11) is -3.49. The third kappa shape index (κ3) is 3.75. The van der Waals surface area contributed by atoms with Crippen molar-refractivity contribution in [2.24, 2.45) is 0 Å². The fourth-order valence-corrected chi connectivity index (χ4v) is 5.68. The number of urea groups is 1. The van der Waals surface area contributed by atoms with Gasteiger partial charge in [0.15, 0.2) is 5.78 Å². The van der Waals surface area contributed by atoms with Gasteiger partial charge in [-0.25, -0.2) is 22.0 Å². The van der Waals surface area contributed by atoms with Crippen molar-refractivity contribution in [3.05, 3.63) is 64.7 Å². The second-order valence-corrected chi connectivity index (χ2v) is 10.3. The molecule has 0 saturated carbocycles. The molecule has 2 heterocycles. The zero-order valence-corrected chi connectivity index (χ0v) is 18.9. The van der Waals surface area contributed by atoms with Crippen LogP contribution in [-0.2, 0) is 26.8 Å². The lowest BCUT2D eigenvalue weighted by molar-refractivity contribution is -0.130. The van der Waals surface area contributed by atoms with Gasteiger partial charge in [0.1, 0.15) is 17.2 Å². The minimum Gasteiger partial charge on any atom is -0.319 e. The van der Waals surface area contributed by atoms with Gasteiger partial charge in [-0.15, -0.1) is 0 Å². The quantitative estimate of drug-likeness (QED) is 0.526. The predicted octanol–water partition coefficient (Wildman–Crippen LogP) is 2.33. The molecule has 3 amide bonds. The van der Waals surface area contributed by atoms with E-state index >= 15 is 0 Å². The smallest absolute Gasteiger partial charge is 0.319 e. The summed E-state index contributed by atoms with van der Waals surface area (Å²) in [6, 6.07) is 5.86. The first-order valence-electron chi connectivity index (χ1n) is 10.1. The lowest BCUT2D eigenvalue weighted by Gasteiger charge is -2.23. The third-order valence-corrected chi connectivity index (χ3v) is 7.23. The number of ketones is 1. The van der Waals surface area contributed by atoms with E-state index in [2.05, 4.69) is 5.32 Å². The van der Waals surface area contributed by atoms with E-state index < -0.39 is 51.5 Å². The maximum Gasteiger partial charge on any atom is 0.325 e. The number of hydrogen-bond donors (Lipinski definition) is 1. The fourth-order valence-electron chi connectivity index (χ4n) is 4.42. The number of halogens is 2. The molecule has 2 aromatic rings. The van der Waals surface area contributed by atoms with Crippen molar-refractivity contribution < 1.29 is 31.6 Å². The van der Waals surface area contributed by atoms with Crippen LogP contribution in [0.4, 0.5) is 19.3 Å². The highest BCUT2D eigenvalue weighted by Gasteiger charge is 2.51. The zero-order chi connectivity index (χ0) is 24.3. The summed E-state index contributed by atoms with van der Waals surface area (Å²) >= 11 is 0. The summed E-state index contributed by atoms with van der Waals surface area (Å²) in [5, 5.41) is 2.35. The lowest BCUT2D eigenvalue weighted by atomic mass is 9.91. The number of nitrogens with zero attached hydrogens (tertiary/aromatic N) is 2. The van der Waals surface area contributed by atoms with Crippen LogP contribution in [0, 0.1) is 11.6 Å². The Morgan fingerprint density at radius 1 is 1.18 bits per heavy atom. The van der Waals surface area contributed by atoms with Crippen molar-refractivity contribution in [3.63, 3.8) is 0 Å². The zero-order valence-electron chi connectivity index (χ0n) is 18.1. The molecule has 2 aliphatic rings. The van der Waals surface area contributed by atoms with Gasteiger partial charge < -0.3 is 5.32 Å². The molecule has 0 spiro atoms. The van der Waals surface area contributed by atoms with E-state index in [0.29, 0.717) is 22.6 Å². The number of hydrogen-bond acceptors (Lipinski definition) is 5. The normalized spacial score (nSPS) is 22.5.